The number of pyridine rings is 1. The van der Waals surface area contributed by atoms with Crippen molar-refractivity contribution in [2.45, 2.75) is 13.0 Å². The van der Waals surface area contributed by atoms with Crippen LogP contribution in [0.4, 0.5) is 0 Å². The van der Waals surface area contributed by atoms with E-state index in [2.05, 4.69) is 9.97 Å². The predicted molar refractivity (Wildman–Crippen MR) is 52.6 cm³/mol. The molecule has 2 aromatic heterocycles. The van der Waals surface area contributed by atoms with Crippen LogP contribution in [0.3, 0.4) is 0 Å². The Kier molecular flexibility index (Phi) is 2.24. The van der Waals surface area contributed by atoms with Crippen molar-refractivity contribution in [3.63, 3.8) is 0 Å². The summed E-state index contributed by atoms with van der Waals surface area (Å²) in [6.07, 6.45) is 1.47. The predicted octanol–water partition coefficient (Wildman–Crippen LogP) is 0.199. The molecule has 6 heteroatoms. The minimum atomic E-state index is -0.938. The van der Waals surface area contributed by atoms with E-state index in [1.807, 2.05) is 0 Å². The average Bonchev–Trinajstić information content (AvgIpc) is 2.50. The number of nitrogens with zero attached hydrogens (tertiary/aromatic N) is 2. The van der Waals surface area contributed by atoms with Crippen LogP contribution in [0.1, 0.15) is 6.42 Å². The third-order valence-corrected chi connectivity index (χ3v) is 2.08. The lowest BCUT2D eigenvalue weighted by atomic mass is 10.4. The largest absolute Gasteiger partial charge is 0.481 e. The van der Waals surface area contributed by atoms with Crippen molar-refractivity contribution in [1.82, 2.24) is 14.5 Å². The lowest BCUT2D eigenvalue weighted by Crippen LogP contribution is -2.18. The molecular formula is C9H9N3O3. The standard InChI is InChI=1S/C9H9N3O3/c13-7(14)3-5-12-8-6(11-9(12)15)2-1-4-10-8/h1-2,4H,3,5H2,(H,11,15)(H,13,14). The zero-order valence-corrected chi connectivity index (χ0v) is 7.80. The van der Waals surface area contributed by atoms with Crippen LogP contribution in [0.25, 0.3) is 11.2 Å². The number of rotatable bonds is 3. The lowest BCUT2D eigenvalue weighted by molar-refractivity contribution is -0.137. The van der Waals surface area contributed by atoms with Gasteiger partial charge in [0.1, 0.15) is 0 Å². The molecule has 0 atom stereocenters. The third-order valence-electron chi connectivity index (χ3n) is 2.08. The molecule has 2 heterocycles. The van der Waals surface area contributed by atoms with Crippen LogP contribution < -0.4 is 5.69 Å². The molecular weight excluding hydrogens is 198 g/mol. The molecule has 0 aliphatic rings. The van der Waals surface area contributed by atoms with Crippen molar-refractivity contribution in [2.24, 2.45) is 0 Å². The number of aliphatic carboxylic acids is 1. The van der Waals surface area contributed by atoms with Gasteiger partial charge in [-0.05, 0) is 12.1 Å². The molecule has 0 aliphatic carbocycles. The smallest absolute Gasteiger partial charge is 0.327 e. The molecule has 0 amide bonds. The number of aryl methyl sites for hydroxylation is 1. The Morgan fingerprint density at radius 1 is 1.60 bits per heavy atom. The van der Waals surface area contributed by atoms with Gasteiger partial charge in [-0.1, -0.05) is 0 Å². The van der Waals surface area contributed by atoms with Gasteiger partial charge >= 0.3 is 11.7 Å². The van der Waals surface area contributed by atoms with Gasteiger partial charge in [-0.3, -0.25) is 9.36 Å². The van der Waals surface area contributed by atoms with Gasteiger partial charge in [0, 0.05) is 12.7 Å². The third kappa shape index (κ3) is 1.74. The van der Waals surface area contributed by atoms with Gasteiger partial charge in [-0.15, -0.1) is 0 Å². The average molecular weight is 207 g/mol. The molecule has 0 saturated carbocycles. The molecule has 78 valence electrons. The zero-order valence-electron chi connectivity index (χ0n) is 7.80. The van der Waals surface area contributed by atoms with Gasteiger partial charge in [0.15, 0.2) is 5.65 Å². The highest BCUT2D eigenvalue weighted by Crippen LogP contribution is 2.05. The summed E-state index contributed by atoms with van der Waals surface area (Å²) in [7, 11) is 0. The summed E-state index contributed by atoms with van der Waals surface area (Å²) in [5, 5.41) is 8.53. The van der Waals surface area contributed by atoms with E-state index in [9.17, 15) is 9.59 Å². The van der Waals surface area contributed by atoms with Gasteiger partial charge in [-0.2, -0.15) is 0 Å². The van der Waals surface area contributed by atoms with Crippen LogP contribution in [-0.2, 0) is 11.3 Å². The molecule has 0 bridgehead atoms. The van der Waals surface area contributed by atoms with Crippen molar-refractivity contribution < 1.29 is 9.90 Å². The van der Waals surface area contributed by atoms with Crippen molar-refractivity contribution in [3.8, 4) is 0 Å². The van der Waals surface area contributed by atoms with E-state index in [-0.39, 0.29) is 18.7 Å². The minimum absolute atomic E-state index is 0.0938. The number of aromatic nitrogens is 3. The molecule has 0 radical (unpaired) electrons. The van der Waals surface area contributed by atoms with Crippen LogP contribution in [0.15, 0.2) is 23.1 Å². The monoisotopic (exact) mass is 207 g/mol. The minimum Gasteiger partial charge on any atom is -0.481 e. The Bertz CT molecular complexity index is 555. The Hall–Kier alpha value is -2.11. The summed E-state index contributed by atoms with van der Waals surface area (Å²) in [5.74, 6) is -0.938. The van der Waals surface area contributed by atoms with Crippen LogP contribution >= 0.6 is 0 Å². The number of aromatic amines is 1. The van der Waals surface area contributed by atoms with Crippen molar-refractivity contribution in [1.29, 1.82) is 0 Å². The van der Waals surface area contributed by atoms with Crippen molar-refractivity contribution >= 4 is 17.1 Å². The Morgan fingerprint density at radius 3 is 3.13 bits per heavy atom. The highest BCUT2D eigenvalue weighted by molar-refractivity contribution is 5.71. The van der Waals surface area contributed by atoms with Gasteiger partial charge in [0.25, 0.3) is 0 Å². The number of nitrogens with one attached hydrogen (secondary N) is 1. The van der Waals surface area contributed by atoms with Gasteiger partial charge in [0.2, 0.25) is 0 Å². The second-order valence-electron chi connectivity index (χ2n) is 3.10. The molecule has 6 nitrogen and oxygen atoms in total. The molecule has 2 N–H and O–H groups in total. The van der Waals surface area contributed by atoms with E-state index < -0.39 is 5.97 Å². The number of H-pyrrole nitrogens is 1. The van der Waals surface area contributed by atoms with E-state index >= 15 is 0 Å². The normalized spacial score (nSPS) is 10.7. The van der Waals surface area contributed by atoms with E-state index in [4.69, 9.17) is 5.11 Å². The van der Waals surface area contributed by atoms with E-state index in [1.165, 1.54) is 4.57 Å². The highest BCUT2D eigenvalue weighted by Gasteiger charge is 2.08. The van der Waals surface area contributed by atoms with Crippen LogP contribution in [-0.4, -0.2) is 25.6 Å². The first-order chi connectivity index (χ1) is 7.18. The fourth-order valence-corrected chi connectivity index (χ4v) is 1.40. The molecule has 0 fully saturated rings. The van der Waals surface area contributed by atoms with Crippen LogP contribution in [0, 0.1) is 0 Å². The first kappa shape index (κ1) is 9.45. The zero-order chi connectivity index (χ0) is 10.8. The molecule has 0 saturated heterocycles. The maximum Gasteiger partial charge on any atom is 0.327 e. The molecule has 0 aliphatic heterocycles. The summed E-state index contributed by atoms with van der Waals surface area (Å²) in [6.45, 7) is 0.130. The molecule has 2 aromatic rings. The molecule has 0 aromatic carbocycles. The topological polar surface area (TPSA) is 88.0 Å². The summed E-state index contributed by atoms with van der Waals surface area (Å²) in [5.41, 5.74) is 0.779. The summed E-state index contributed by atoms with van der Waals surface area (Å²) >= 11 is 0. The molecule has 15 heavy (non-hydrogen) atoms. The van der Waals surface area contributed by atoms with Crippen molar-refractivity contribution in [3.05, 3.63) is 28.8 Å². The Morgan fingerprint density at radius 2 is 2.40 bits per heavy atom. The Balaban J connectivity index is 2.45. The maximum absolute atomic E-state index is 11.4. The fraction of sp³-hybridized carbons (Fsp3) is 0.222. The van der Waals surface area contributed by atoms with Crippen LogP contribution in [0.2, 0.25) is 0 Å². The summed E-state index contributed by atoms with van der Waals surface area (Å²) < 4.78 is 1.32. The second-order valence-corrected chi connectivity index (χ2v) is 3.10. The summed E-state index contributed by atoms with van der Waals surface area (Å²) in [6, 6.07) is 3.43. The van der Waals surface area contributed by atoms with E-state index in [0.717, 1.165) is 0 Å². The van der Waals surface area contributed by atoms with E-state index in [1.54, 1.807) is 18.3 Å². The Labute approximate surface area is 84.2 Å². The van der Waals surface area contributed by atoms with Gasteiger partial charge < -0.3 is 10.1 Å². The number of imidazole rings is 1. The molecule has 0 spiro atoms. The number of carboxylic acid groups (broad SMARTS) is 1. The van der Waals surface area contributed by atoms with Gasteiger partial charge in [-0.25, -0.2) is 9.78 Å². The quantitative estimate of drug-likeness (QED) is 0.752. The number of carbonyl (C=O) groups is 1. The lowest BCUT2D eigenvalue weighted by Gasteiger charge is -1.98. The first-order valence-electron chi connectivity index (χ1n) is 4.44. The van der Waals surface area contributed by atoms with E-state index in [0.29, 0.717) is 11.2 Å². The second kappa shape index (κ2) is 3.56. The maximum atomic E-state index is 11.4. The number of hydrogen-bond acceptors (Lipinski definition) is 3. The SMILES string of the molecule is O=C(O)CCn1c(=O)[nH]c2cccnc21. The number of fused-ring (bicyclic) bond motifs is 1. The van der Waals surface area contributed by atoms with Gasteiger partial charge in [0.05, 0.1) is 11.9 Å². The summed E-state index contributed by atoms with van der Waals surface area (Å²) in [4.78, 5) is 28.4. The first-order valence-corrected chi connectivity index (χ1v) is 4.44. The van der Waals surface area contributed by atoms with Crippen molar-refractivity contribution in [2.75, 3.05) is 0 Å². The van der Waals surface area contributed by atoms with Crippen LogP contribution in [0.5, 0.6) is 0 Å². The molecule has 0 unspecified atom stereocenters. The molecule has 2 rings (SSSR count). The fourth-order valence-electron chi connectivity index (χ4n) is 1.40. The number of carboxylic acids is 1. The number of hydrogen-bond donors (Lipinski definition) is 2. The highest BCUT2D eigenvalue weighted by atomic mass is 16.4.